The maximum absolute atomic E-state index is 5.41. The lowest BCUT2D eigenvalue weighted by Crippen LogP contribution is -2.29. The van der Waals surface area contributed by atoms with Gasteiger partial charge in [0.15, 0.2) is 0 Å². The summed E-state index contributed by atoms with van der Waals surface area (Å²) < 4.78 is 10.7. The van der Waals surface area contributed by atoms with Crippen LogP contribution in [0.4, 0.5) is 0 Å². The molecule has 5 heteroatoms. The number of rotatable bonds is 5. The van der Waals surface area contributed by atoms with Crippen molar-refractivity contribution in [1.29, 1.82) is 0 Å². The number of halogens is 1. The number of nitrogens with zero attached hydrogens (tertiary/aromatic N) is 1. The molecule has 0 spiro atoms. The molecule has 1 fully saturated rings. The van der Waals surface area contributed by atoms with Crippen molar-refractivity contribution in [3.8, 4) is 11.5 Å². The highest BCUT2D eigenvalue weighted by Gasteiger charge is 2.21. The van der Waals surface area contributed by atoms with Crippen molar-refractivity contribution in [2.75, 3.05) is 34.4 Å². The monoisotopic (exact) mass is 286 g/mol. The van der Waals surface area contributed by atoms with Gasteiger partial charge in [-0.25, -0.2) is 0 Å². The molecule has 1 aromatic carbocycles. The SMILES string of the molecule is CNC1CCN(Cc2cc(OC)ccc2OC)C1.Cl. The molecule has 1 unspecified atom stereocenters. The van der Waals surface area contributed by atoms with Crippen LogP contribution in [0.1, 0.15) is 12.0 Å². The molecule has 1 saturated heterocycles. The number of benzene rings is 1. The molecule has 4 nitrogen and oxygen atoms in total. The summed E-state index contributed by atoms with van der Waals surface area (Å²) >= 11 is 0. The Morgan fingerprint density at radius 2 is 2.11 bits per heavy atom. The average molecular weight is 287 g/mol. The normalized spacial score (nSPS) is 19.0. The summed E-state index contributed by atoms with van der Waals surface area (Å²) in [5, 5.41) is 3.33. The standard InChI is InChI=1S/C14H22N2O2.ClH/c1-15-12-6-7-16(10-12)9-11-8-13(17-2)4-5-14(11)18-3;/h4-5,8,12,15H,6-7,9-10H2,1-3H3;1H. The smallest absolute Gasteiger partial charge is 0.123 e. The first-order chi connectivity index (χ1) is 8.76. The summed E-state index contributed by atoms with van der Waals surface area (Å²) in [5.74, 6) is 1.82. The number of likely N-dealkylation sites (N-methyl/N-ethyl adjacent to an activating group) is 1. The third kappa shape index (κ3) is 4.00. The van der Waals surface area contributed by atoms with E-state index in [9.17, 15) is 0 Å². The van der Waals surface area contributed by atoms with E-state index in [0.717, 1.165) is 31.1 Å². The molecule has 0 amide bonds. The van der Waals surface area contributed by atoms with Gasteiger partial charge in [-0.1, -0.05) is 0 Å². The number of nitrogens with one attached hydrogen (secondary N) is 1. The van der Waals surface area contributed by atoms with Crippen LogP contribution in [-0.2, 0) is 6.54 Å². The summed E-state index contributed by atoms with van der Waals surface area (Å²) in [6.45, 7) is 3.14. The Kier molecular flexibility index (Phi) is 6.42. The van der Waals surface area contributed by atoms with Gasteiger partial charge >= 0.3 is 0 Å². The second kappa shape index (κ2) is 7.58. The molecule has 1 N–H and O–H groups in total. The Morgan fingerprint density at radius 1 is 1.32 bits per heavy atom. The quantitative estimate of drug-likeness (QED) is 0.897. The molecule has 0 saturated carbocycles. The summed E-state index contributed by atoms with van der Waals surface area (Å²) in [7, 11) is 5.43. The zero-order valence-electron chi connectivity index (χ0n) is 11.8. The van der Waals surface area contributed by atoms with Gasteiger partial charge < -0.3 is 14.8 Å². The summed E-state index contributed by atoms with van der Waals surface area (Å²) in [6.07, 6.45) is 1.21. The lowest BCUT2D eigenvalue weighted by Gasteiger charge is -2.18. The van der Waals surface area contributed by atoms with Gasteiger partial charge in [0.05, 0.1) is 14.2 Å². The van der Waals surface area contributed by atoms with Crippen LogP contribution in [0, 0.1) is 0 Å². The van der Waals surface area contributed by atoms with Crippen molar-refractivity contribution in [3.05, 3.63) is 23.8 Å². The summed E-state index contributed by atoms with van der Waals surface area (Å²) in [5.41, 5.74) is 1.19. The number of likely N-dealkylation sites (tertiary alicyclic amines) is 1. The van der Waals surface area contributed by atoms with Gasteiger partial charge in [0.1, 0.15) is 11.5 Å². The molecule has 108 valence electrons. The first-order valence-electron chi connectivity index (χ1n) is 6.37. The minimum absolute atomic E-state index is 0. The van der Waals surface area contributed by atoms with Gasteiger partial charge in [-0.3, -0.25) is 4.90 Å². The van der Waals surface area contributed by atoms with Crippen LogP contribution < -0.4 is 14.8 Å². The van der Waals surface area contributed by atoms with E-state index in [2.05, 4.69) is 16.3 Å². The molecule has 1 aliphatic heterocycles. The van der Waals surface area contributed by atoms with Gasteiger partial charge in [-0.15, -0.1) is 12.4 Å². The number of hydrogen-bond acceptors (Lipinski definition) is 4. The van der Waals surface area contributed by atoms with Gasteiger partial charge in [-0.2, -0.15) is 0 Å². The largest absolute Gasteiger partial charge is 0.497 e. The van der Waals surface area contributed by atoms with E-state index in [1.54, 1.807) is 14.2 Å². The van der Waals surface area contributed by atoms with E-state index < -0.39 is 0 Å². The van der Waals surface area contributed by atoms with Crippen LogP contribution >= 0.6 is 12.4 Å². The zero-order chi connectivity index (χ0) is 13.0. The van der Waals surface area contributed by atoms with E-state index in [-0.39, 0.29) is 12.4 Å². The molecule has 0 aliphatic carbocycles. The lowest BCUT2D eigenvalue weighted by molar-refractivity contribution is 0.312. The molecule has 0 bridgehead atoms. The molecule has 1 aliphatic rings. The van der Waals surface area contributed by atoms with Gasteiger partial charge in [-0.05, 0) is 31.7 Å². The highest BCUT2D eigenvalue weighted by molar-refractivity contribution is 5.85. The Balaban J connectivity index is 0.00000180. The van der Waals surface area contributed by atoms with Crippen LogP contribution in [0.2, 0.25) is 0 Å². The Hall–Kier alpha value is -0.970. The molecular formula is C14H23ClN2O2. The number of ether oxygens (including phenoxy) is 2. The Labute approximate surface area is 121 Å². The maximum atomic E-state index is 5.41. The van der Waals surface area contributed by atoms with Crippen LogP contribution in [0.3, 0.4) is 0 Å². The van der Waals surface area contributed by atoms with E-state index in [1.165, 1.54) is 12.0 Å². The molecule has 2 rings (SSSR count). The molecule has 1 atom stereocenters. The third-order valence-electron chi connectivity index (χ3n) is 3.56. The predicted molar refractivity (Wildman–Crippen MR) is 79.5 cm³/mol. The molecular weight excluding hydrogens is 264 g/mol. The summed E-state index contributed by atoms with van der Waals surface area (Å²) in [4.78, 5) is 2.44. The third-order valence-corrected chi connectivity index (χ3v) is 3.56. The van der Waals surface area contributed by atoms with E-state index in [0.29, 0.717) is 6.04 Å². The first kappa shape index (κ1) is 16.1. The second-order valence-electron chi connectivity index (χ2n) is 4.69. The zero-order valence-corrected chi connectivity index (χ0v) is 12.6. The number of hydrogen-bond donors (Lipinski definition) is 1. The maximum Gasteiger partial charge on any atom is 0.123 e. The van der Waals surface area contributed by atoms with Crippen LogP contribution in [-0.4, -0.2) is 45.3 Å². The number of methoxy groups -OCH3 is 2. The summed E-state index contributed by atoms with van der Waals surface area (Å²) in [6, 6.07) is 6.58. The molecule has 1 heterocycles. The Bertz CT molecular complexity index is 401. The molecule has 0 aromatic heterocycles. The highest BCUT2D eigenvalue weighted by Crippen LogP contribution is 2.26. The van der Waals surface area contributed by atoms with E-state index >= 15 is 0 Å². The van der Waals surface area contributed by atoms with Crippen LogP contribution in [0.15, 0.2) is 18.2 Å². The van der Waals surface area contributed by atoms with Crippen molar-refractivity contribution in [1.82, 2.24) is 10.2 Å². The van der Waals surface area contributed by atoms with Crippen molar-refractivity contribution in [3.63, 3.8) is 0 Å². The van der Waals surface area contributed by atoms with Crippen molar-refractivity contribution in [2.45, 2.75) is 19.0 Å². The van der Waals surface area contributed by atoms with Crippen molar-refractivity contribution >= 4 is 12.4 Å². The van der Waals surface area contributed by atoms with Gasteiger partial charge in [0.25, 0.3) is 0 Å². The first-order valence-corrected chi connectivity index (χ1v) is 6.37. The Morgan fingerprint density at radius 3 is 2.68 bits per heavy atom. The van der Waals surface area contributed by atoms with Gasteiger partial charge in [0.2, 0.25) is 0 Å². The van der Waals surface area contributed by atoms with E-state index in [1.807, 2.05) is 19.2 Å². The topological polar surface area (TPSA) is 33.7 Å². The van der Waals surface area contributed by atoms with Crippen LogP contribution in [0.5, 0.6) is 11.5 Å². The fraction of sp³-hybridized carbons (Fsp3) is 0.571. The van der Waals surface area contributed by atoms with Crippen LogP contribution in [0.25, 0.3) is 0 Å². The average Bonchev–Trinajstić information content (AvgIpc) is 2.86. The fourth-order valence-electron chi connectivity index (χ4n) is 2.46. The predicted octanol–water partition coefficient (Wildman–Crippen LogP) is 1.92. The second-order valence-corrected chi connectivity index (χ2v) is 4.69. The molecule has 0 radical (unpaired) electrons. The van der Waals surface area contributed by atoms with Crippen molar-refractivity contribution < 1.29 is 9.47 Å². The lowest BCUT2D eigenvalue weighted by atomic mass is 10.1. The fourth-order valence-corrected chi connectivity index (χ4v) is 2.46. The van der Waals surface area contributed by atoms with Crippen molar-refractivity contribution in [2.24, 2.45) is 0 Å². The molecule has 19 heavy (non-hydrogen) atoms. The molecule has 1 aromatic rings. The highest BCUT2D eigenvalue weighted by atomic mass is 35.5. The van der Waals surface area contributed by atoms with E-state index in [4.69, 9.17) is 9.47 Å². The minimum atomic E-state index is 0. The van der Waals surface area contributed by atoms with Gasteiger partial charge in [0, 0.05) is 31.2 Å². The minimum Gasteiger partial charge on any atom is -0.497 e.